The second kappa shape index (κ2) is 10.1. The topological polar surface area (TPSA) is 49.2 Å². The normalized spacial score (nSPS) is 19.9. The van der Waals surface area contributed by atoms with Crippen molar-refractivity contribution in [1.82, 2.24) is 29.7 Å². The molecular weight excluding hydrogens is 468 g/mol. The van der Waals surface area contributed by atoms with E-state index >= 15 is 0 Å². The van der Waals surface area contributed by atoms with E-state index in [1.54, 1.807) is 0 Å². The summed E-state index contributed by atoms with van der Waals surface area (Å²) in [5.41, 5.74) is 8.77. The van der Waals surface area contributed by atoms with Gasteiger partial charge in [-0.15, -0.1) is 0 Å². The molecule has 0 radical (unpaired) electrons. The molecule has 202 valence electrons. The lowest BCUT2D eigenvalue weighted by atomic mass is 9.87. The highest BCUT2D eigenvalue weighted by Gasteiger charge is 2.36. The van der Waals surface area contributed by atoms with Crippen molar-refractivity contribution in [3.8, 4) is 0 Å². The predicted octanol–water partition coefficient (Wildman–Crippen LogP) is 5.61. The minimum atomic E-state index is -0.0908. The Bertz CT molecular complexity index is 1310. The Labute approximate surface area is 228 Å². The fraction of sp³-hybridized carbons (Fsp3) is 0.500. The zero-order chi connectivity index (χ0) is 27.2. The molecule has 2 atom stereocenters. The molecule has 3 heterocycles. The van der Waals surface area contributed by atoms with E-state index in [0.29, 0.717) is 0 Å². The van der Waals surface area contributed by atoms with Gasteiger partial charge in [0.15, 0.2) is 0 Å². The summed E-state index contributed by atoms with van der Waals surface area (Å²) < 4.78 is 2.14. The van der Waals surface area contributed by atoms with Crippen LogP contribution in [0.1, 0.15) is 87.3 Å². The van der Waals surface area contributed by atoms with Gasteiger partial charge in [-0.3, -0.25) is 14.8 Å². The summed E-state index contributed by atoms with van der Waals surface area (Å²) in [6.45, 7) is 20.0. The highest BCUT2D eigenvalue weighted by Crippen LogP contribution is 2.44. The van der Waals surface area contributed by atoms with Crippen molar-refractivity contribution < 1.29 is 0 Å². The molecule has 0 saturated carbocycles. The van der Waals surface area contributed by atoms with E-state index in [1.807, 2.05) is 18.7 Å². The van der Waals surface area contributed by atoms with Gasteiger partial charge in [0.2, 0.25) is 0 Å². The first kappa shape index (κ1) is 26.8. The van der Waals surface area contributed by atoms with Gasteiger partial charge in [-0.1, -0.05) is 29.8 Å². The summed E-state index contributed by atoms with van der Waals surface area (Å²) in [7, 11) is 2.08. The van der Waals surface area contributed by atoms with Crippen molar-refractivity contribution >= 4 is 11.6 Å². The number of nitrogens with zero attached hydrogens (tertiary/aromatic N) is 5. The molecule has 0 bridgehead atoms. The number of nitrogens with one attached hydrogen (secondary N) is 1. The Balaban J connectivity index is 1.67. The number of piperazine rings is 1. The summed E-state index contributed by atoms with van der Waals surface area (Å²) in [5.74, 6) is 0. The van der Waals surface area contributed by atoms with Crippen LogP contribution >= 0.6 is 0 Å². The fourth-order valence-electron chi connectivity index (χ4n) is 5.98. The van der Waals surface area contributed by atoms with Gasteiger partial charge in [-0.05, 0) is 82.9 Å². The van der Waals surface area contributed by atoms with Crippen molar-refractivity contribution in [3.05, 3.63) is 82.7 Å². The van der Waals surface area contributed by atoms with Gasteiger partial charge in [0.25, 0.3) is 0 Å². The van der Waals surface area contributed by atoms with Crippen LogP contribution in [0, 0.1) is 6.92 Å². The summed E-state index contributed by atoms with van der Waals surface area (Å²) in [4.78, 5) is 14.8. The van der Waals surface area contributed by atoms with E-state index in [1.165, 1.54) is 27.8 Å². The minimum Gasteiger partial charge on any atom is -0.336 e. The van der Waals surface area contributed by atoms with Crippen molar-refractivity contribution in [3.63, 3.8) is 0 Å². The fourth-order valence-corrected chi connectivity index (χ4v) is 5.98. The van der Waals surface area contributed by atoms with Crippen molar-refractivity contribution in [2.45, 2.75) is 71.6 Å². The molecule has 1 aliphatic heterocycles. The van der Waals surface area contributed by atoms with E-state index in [2.05, 4.69) is 117 Å². The molecule has 6 heteroatoms. The van der Waals surface area contributed by atoms with Gasteiger partial charge in [0.1, 0.15) is 0 Å². The molecule has 1 saturated heterocycles. The van der Waals surface area contributed by atoms with Crippen LogP contribution in [0.15, 0.2) is 49.1 Å². The molecule has 1 N–H and O–H groups in total. The average Bonchev–Trinajstić information content (AvgIpc) is 3.21. The Hall–Kier alpha value is -2.80. The lowest BCUT2D eigenvalue weighted by molar-refractivity contribution is 0.0486. The molecule has 1 aromatic carbocycles. The van der Waals surface area contributed by atoms with Crippen LogP contribution in [-0.4, -0.2) is 61.6 Å². The van der Waals surface area contributed by atoms with Crippen molar-refractivity contribution in [1.29, 1.82) is 0 Å². The Morgan fingerprint density at radius 1 is 1.00 bits per heavy atom. The van der Waals surface area contributed by atoms with Gasteiger partial charge >= 0.3 is 0 Å². The van der Waals surface area contributed by atoms with Crippen LogP contribution in [0.2, 0.25) is 0 Å². The van der Waals surface area contributed by atoms with Crippen LogP contribution < -0.4 is 5.32 Å². The zero-order valence-corrected chi connectivity index (χ0v) is 24.4. The first-order chi connectivity index (χ1) is 17.9. The minimum absolute atomic E-state index is 0.0207. The standard InChI is InChI=1S/C32H44N6/c1-22-11-12-24-25(18-22)26(29(35-31(2,3)4)27-20-33-21-36(27)8)19-23-10-9-13-34-28(23)30(24)37-14-16-38(17-15-37)32(5,6)7/h9-13,18-21,29-30,35H,14-17H2,1-8H3/t29-,30+/m0/s1. The molecule has 3 aromatic rings. The number of hydrogen-bond donors (Lipinski definition) is 1. The maximum atomic E-state index is 5.04. The third-order valence-electron chi connectivity index (χ3n) is 7.92. The quantitative estimate of drug-likeness (QED) is 0.492. The maximum Gasteiger partial charge on any atom is 0.0946 e. The smallest absolute Gasteiger partial charge is 0.0946 e. The van der Waals surface area contributed by atoms with Gasteiger partial charge < -0.3 is 9.88 Å². The van der Waals surface area contributed by atoms with Crippen LogP contribution in [0.3, 0.4) is 0 Å². The Kier molecular flexibility index (Phi) is 7.10. The lowest BCUT2D eigenvalue weighted by Gasteiger charge is -2.45. The van der Waals surface area contributed by atoms with Gasteiger partial charge in [-0.2, -0.15) is 0 Å². The molecule has 2 aromatic heterocycles. The molecule has 0 amide bonds. The molecule has 0 unspecified atom stereocenters. The second-order valence-corrected chi connectivity index (χ2v) is 13.0. The number of benzene rings is 1. The van der Waals surface area contributed by atoms with E-state index in [-0.39, 0.29) is 23.2 Å². The van der Waals surface area contributed by atoms with E-state index < -0.39 is 0 Å². The highest BCUT2D eigenvalue weighted by molar-refractivity contribution is 5.89. The van der Waals surface area contributed by atoms with Crippen molar-refractivity contribution in [2.24, 2.45) is 7.05 Å². The van der Waals surface area contributed by atoms with E-state index in [4.69, 9.17) is 4.98 Å². The summed E-state index contributed by atoms with van der Waals surface area (Å²) in [6.07, 6.45) is 8.23. The third-order valence-corrected chi connectivity index (χ3v) is 7.92. The van der Waals surface area contributed by atoms with Gasteiger partial charge in [0.05, 0.1) is 36.0 Å². The molecule has 5 rings (SSSR count). The molecule has 1 fully saturated rings. The molecule has 6 nitrogen and oxygen atoms in total. The first-order valence-electron chi connectivity index (χ1n) is 13.9. The SMILES string of the molecule is Cc1ccc2c(c1)C([C@H](NC(C)(C)C)c1cncn1C)=Cc1cccnc1[C@@H]2N1CCN(C(C)(C)C)CC1. The van der Waals surface area contributed by atoms with Crippen LogP contribution in [-0.2, 0) is 7.05 Å². The van der Waals surface area contributed by atoms with E-state index in [9.17, 15) is 0 Å². The van der Waals surface area contributed by atoms with Crippen LogP contribution in [0.25, 0.3) is 11.6 Å². The van der Waals surface area contributed by atoms with Crippen LogP contribution in [0.4, 0.5) is 0 Å². The highest BCUT2D eigenvalue weighted by atomic mass is 15.3. The Morgan fingerprint density at radius 3 is 2.37 bits per heavy atom. The van der Waals surface area contributed by atoms with E-state index in [0.717, 1.165) is 37.6 Å². The molecule has 0 spiro atoms. The monoisotopic (exact) mass is 512 g/mol. The summed E-state index contributed by atoms with van der Waals surface area (Å²) >= 11 is 0. The van der Waals surface area contributed by atoms with Crippen LogP contribution in [0.5, 0.6) is 0 Å². The van der Waals surface area contributed by atoms with Gasteiger partial charge in [-0.25, -0.2) is 4.98 Å². The zero-order valence-electron chi connectivity index (χ0n) is 24.4. The van der Waals surface area contributed by atoms with Crippen molar-refractivity contribution in [2.75, 3.05) is 26.2 Å². The number of aryl methyl sites for hydroxylation is 2. The molecule has 1 aliphatic carbocycles. The third kappa shape index (κ3) is 5.35. The number of fused-ring (bicyclic) bond motifs is 2. The number of aromatic nitrogens is 3. The number of rotatable bonds is 4. The predicted molar refractivity (Wildman–Crippen MR) is 157 cm³/mol. The number of pyridine rings is 1. The first-order valence-corrected chi connectivity index (χ1v) is 13.9. The summed E-state index contributed by atoms with van der Waals surface area (Å²) in [5, 5.41) is 3.94. The molecular formula is C32H44N6. The number of imidazole rings is 1. The maximum absolute atomic E-state index is 5.04. The largest absolute Gasteiger partial charge is 0.336 e. The Morgan fingerprint density at radius 2 is 1.74 bits per heavy atom. The average molecular weight is 513 g/mol. The molecule has 38 heavy (non-hydrogen) atoms. The number of hydrogen-bond acceptors (Lipinski definition) is 5. The lowest BCUT2D eigenvalue weighted by Crippen LogP contribution is -2.54. The van der Waals surface area contributed by atoms with Gasteiger partial charge in [0, 0.05) is 50.5 Å². The second-order valence-electron chi connectivity index (χ2n) is 13.0. The molecule has 2 aliphatic rings. The summed E-state index contributed by atoms with van der Waals surface area (Å²) in [6, 6.07) is 11.4.